The van der Waals surface area contributed by atoms with Crippen molar-refractivity contribution >= 4 is 23.9 Å². The third-order valence-electron chi connectivity index (χ3n) is 4.47. The molecule has 148 valence electrons. The number of rotatable bonds is 6. The molecule has 0 saturated heterocycles. The zero-order chi connectivity index (χ0) is 20.2. The van der Waals surface area contributed by atoms with Gasteiger partial charge in [0.1, 0.15) is 0 Å². The summed E-state index contributed by atoms with van der Waals surface area (Å²) in [6.45, 7) is 3.22. The van der Waals surface area contributed by atoms with Gasteiger partial charge in [0.25, 0.3) is 0 Å². The largest absolute Gasteiger partial charge is 0.468 e. The Hall–Kier alpha value is -2.84. The Bertz CT molecular complexity index is 682. The van der Waals surface area contributed by atoms with Gasteiger partial charge in [0, 0.05) is 6.42 Å². The van der Waals surface area contributed by atoms with Crippen LogP contribution in [0.2, 0.25) is 0 Å². The van der Waals surface area contributed by atoms with E-state index in [0.29, 0.717) is 11.1 Å². The highest BCUT2D eigenvalue weighted by atomic mass is 16.6. The van der Waals surface area contributed by atoms with Crippen molar-refractivity contribution in [3.8, 4) is 0 Å². The van der Waals surface area contributed by atoms with Crippen molar-refractivity contribution in [3.63, 3.8) is 0 Å². The van der Waals surface area contributed by atoms with Crippen LogP contribution in [0.25, 0.3) is 0 Å². The predicted molar refractivity (Wildman–Crippen MR) is 88.9 cm³/mol. The second-order valence-corrected chi connectivity index (χ2v) is 6.03. The molecule has 0 atom stereocenters. The van der Waals surface area contributed by atoms with Crippen molar-refractivity contribution in [1.29, 1.82) is 0 Å². The molecule has 0 aromatic rings. The summed E-state index contributed by atoms with van der Waals surface area (Å²) in [5, 5.41) is 0. The summed E-state index contributed by atoms with van der Waals surface area (Å²) in [6.07, 6.45) is 2.27. The van der Waals surface area contributed by atoms with Gasteiger partial charge in [-0.05, 0) is 37.5 Å². The lowest BCUT2D eigenvalue weighted by Crippen LogP contribution is -2.50. The highest BCUT2D eigenvalue weighted by Crippen LogP contribution is 2.49. The highest BCUT2D eigenvalue weighted by molar-refractivity contribution is 6.07. The van der Waals surface area contributed by atoms with Gasteiger partial charge >= 0.3 is 29.5 Å². The van der Waals surface area contributed by atoms with Crippen molar-refractivity contribution < 1.29 is 42.9 Å². The van der Waals surface area contributed by atoms with E-state index in [0.717, 1.165) is 14.2 Å². The van der Waals surface area contributed by atoms with Gasteiger partial charge in [0.05, 0.1) is 33.7 Å². The van der Waals surface area contributed by atoms with Crippen molar-refractivity contribution in [2.75, 3.05) is 27.4 Å². The van der Waals surface area contributed by atoms with E-state index in [1.54, 1.807) is 13.8 Å². The van der Waals surface area contributed by atoms with Crippen LogP contribution in [0.5, 0.6) is 0 Å². The minimum Gasteiger partial charge on any atom is -0.468 e. The number of carbonyl (C=O) groups is 4. The minimum absolute atomic E-state index is 0.0252. The Kier molecular flexibility index (Phi) is 5.92. The van der Waals surface area contributed by atoms with E-state index in [4.69, 9.17) is 23.7 Å². The van der Waals surface area contributed by atoms with E-state index in [2.05, 4.69) is 0 Å². The zero-order valence-corrected chi connectivity index (χ0v) is 15.7. The van der Waals surface area contributed by atoms with Gasteiger partial charge in [-0.1, -0.05) is 0 Å². The molecule has 0 spiro atoms. The molecule has 1 heterocycles. The van der Waals surface area contributed by atoms with Gasteiger partial charge in [-0.15, -0.1) is 0 Å². The lowest BCUT2D eigenvalue weighted by molar-refractivity contribution is -0.178. The van der Waals surface area contributed by atoms with Gasteiger partial charge in [0.15, 0.2) is 5.41 Å². The SMILES string of the molecule is CCOC(=O)C1(C(=O)OCC)C=C2CC(C(=O)OC)(C(=O)OC)CC2=CO1. The molecule has 0 bridgehead atoms. The number of esters is 4. The van der Waals surface area contributed by atoms with Crippen LogP contribution in [0, 0.1) is 5.41 Å². The number of hydrogen-bond donors (Lipinski definition) is 0. The molecule has 0 unspecified atom stereocenters. The maximum atomic E-state index is 12.5. The van der Waals surface area contributed by atoms with Crippen molar-refractivity contribution in [1.82, 2.24) is 0 Å². The Morgan fingerprint density at radius 1 is 0.889 bits per heavy atom. The first-order valence-electron chi connectivity index (χ1n) is 8.41. The number of ether oxygens (including phenoxy) is 5. The van der Waals surface area contributed by atoms with Crippen LogP contribution in [-0.2, 0) is 42.9 Å². The van der Waals surface area contributed by atoms with E-state index >= 15 is 0 Å². The predicted octanol–water partition coefficient (Wildman–Crippen LogP) is 0.818. The molecule has 0 aromatic carbocycles. The first-order chi connectivity index (χ1) is 12.8. The number of allylic oxidation sites excluding steroid dienone is 2. The molecule has 0 amide bonds. The van der Waals surface area contributed by atoms with Crippen molar-refractivity contribution in [2.45, 2.75) is 32.3 Å². The van der Waals surface area contributed by atoms with Gasteiger partial charge in [-0.25, -0.2) is 9.59 Å². The van der Waals surface area contributed by atoms with Crippen LogP contribution in [0.4, 0.5) is 0 Å². The third-order valence-corrected chi connectivity index (χ3v) is 4.47. The Morgan fingerprint density at radius 3 is 1.81 bits per heavy atom. The summed E-state index contributed by atoms with van der Waals surface area (Å²) in [6, 6.07) is 0. The van der Waals surface area contributed by atoms with Crippen LogP contribution < -0.4 is 0 Å². The number of hydrogen-bond acceptors (Lipinski definition) is 9. The van der Waals surface area contributed by atoms with Crippen LogP contribution >= 0.6 is 0 Å². The number of carbonyl (C=O) groups excluding carboxylic acids is 4. The maximum absolute atomic E-state index is 12.5. The summed E-state index contributed by atoms with van der Waals surface area (Å²) < 4.78 is 24.9. The standard InChI is InChI=1S/C18H22O9/c1-5-25-15(21)18(16(22)26-6-2)9-11-7-17(13(19)23-3,14(20)24-4)8-12(11)10-27-18/h9-10H,5-8H2,1-4H3. The monoisotopic (exact) mass is 382 g/mol. The zero-order valence-electron chi connectivity index (χ0n) is 15.7. The quantitative estimate of drug-likeness (QED) is 0.374. The van der Waals surface area contributed by atoms with E-state index in [1.807, 2.05) is 0 Å². The molecule has 2 rings (SSSR count). The number of fused-ring (bicyclic) bond motifs is 1. The second kappa shape index (κ2) is 7.81. The normalized spacial score (nSPS) is 18.8. The molecule has 1 aliphatic carbocycles. The van der Waals surface area contributed by atoms with E-state index in [1.165, 1.54) is 12.3 Å². The second-order valence-electron chi connectivity index (χ2n) is 6.03. The topological polar surface area (TPSA) is 114 Å². The summed E-state index contributed by atoms with van der Waals surface area (Å²) in [7, 11) is 2.32. The van der Waals surface area contributed by atoms with Gasteiger partial charge in [0.2, 0.25) is 0 Å². The molecule has 9 nitrogen and oxygen atoms in total. The van der Waals surface area contributed by atoms with E-state index in [-0.39, 0.29) is 26.1 Å². The van der Waals surface area contributed by atoms with Gasteiger partial charge in [-0.3, -0.25) is 9.59 Å². The summed E-state index contributed by atoms with van der Waals surface area (Å²) >= 11 is 0. The fourth-order valence-electron chi connectivity index (χ4n) is 3.18. The first-order valence-corrected chi connectivity index (χ1v) is 8.41. The molecule has 0 radical (unpaired) electrons. The molecule has 0 N–H and O–H groups in total. The van der Waals surface area contributed by atoms with Gasteiger partial charge in [-0.2, -0.15) is 0 Å². The first kappa shape index (κ1) is 20.5. The molecule has 1 aliphatic heterocycles. The summed E-state index contributed by atoms with van der Waals surface area (Å²) in [5.74, 6) is -3.44. The maximum Gasteiger partial charge on any atom is 0.366 e. The van der Waals surface area contributed by atoms with E-state index < -0.39 is 34.9 Å². The van der Waals surface area contributed by atoms with Crippen LogP contribution in [0.1, 0.15) is 26.7 Å². The third kappa shape index (κ3) is 3.29. The molecular weight excluding hydrogens is 360 g/mol. The average molecular weight is 382 g/mol. The molecule has 0 aromatic heterocycles. The highest BCUT2D eigenvalue weighted by Gasteiger charge is 2.58. The molecule has 2 aliphatic rings. The van der Waals surface area contributed by atoms with Crippen LogP contribution in [0.3, 0.4) is 0 Å². The fourth-order valence-corrected chi connectivity index (χ4v) is 3.18. The van der Waals surface area contributed by atoms with Crippen LogP contribution in [-0.4, -0.2) is 56.9 Å². The Labute approximate surface area is 156 Å². The molecule has 9 heteroatoms. The van der Waals surface area contributed by atoms with Crippen molar-refractivity contribution in [2.24, 2.45) is 5.41 Å². The minimum atomic E-state index is -2.13. The summed E-state index contributed by atoms with van der Waals surface area (Å²) in [4.78, 5) is 49.5. The number of methoxy groups -OCH3 is 2. The molecular formula is C18H22O9. The summed E-state index contributed by atoms with van der Waals surface area (Å²) in [5.41, 5.74) is -2.84. The smallest absolute Gasteiger partial charge is 0.366 e. The molecule has 1 saturated carbocycles. The average Bonchev–Trinajstić information content (AvgIpc) is 3.06. The lowest BCUT2D eigenvalue weighted by Gasteiger charge is -2.29. The lowest BCUT2D eigenvalue weighted by atomic mass is 9.85. The molecule has 1 fully saturated rings. The molecule has 27 heavy (non-hydrogen) atoms. The van der Waals surface area contributed by atoms with Gasteiger partial charge < -0.3 is 23.7 Å². The van der Waals surface area contributed by atoms with Crippen molar-refractivity contribution in [3.05, 3.63) is 23.5 Å². The Morgan fingerprint density at radius 2 is 1.37 bits per heavy atom. The van der Waals surface area contributed by atoms with Crippen LogP contribution in [0.15, 0.2) is 23.5 Å². The fraction of sp³-hybridized carbons (Fsp3) is 0.556. The van der Waals surface area contributed by atoms with E-state index in [9.17, 15) is 19.2 Å². The Balaban J connectivity index is 2.50.